The number of aryl methyl sites for hydroxylation is 3. The molecular formula is C33H45O2P. The van der Waals surface area contributed by atoms with Crippen LogP contribution in [-0.4, -0.2) is 19.9 Å². The number of hydrogen-bond acceptors (Lipinski definition) is 2. The summed E-state index contributed by atoms with van der Waals surface area (Å²) in [5.41, 5.74) is 8.99. The third kappa shape index (κ3) is 4.64. The summed E-state index contributed by atoms with van der Waals surface area (Å²) in [7, 11) is 3.13. The predicted molar refractivity (Wildman–Crippen MR) is 155 cm³/mol. The quantitative estimate of drug-likeness (QED) is 0.310. The Morgan fingerprint density at radius 3 is 2.17 bits per heavy atom. The molecule has 5 atom stereocenters. The van der Waals surface area contributed by atoms with Gasteiger partial charge in [-0.15, -0.1) is 0 Å². The molecule has 2 aromatic carbocycles. The molecule has 3 heteroatoms. The van der Waals surface area contributed by atoms with Crippen LogP contribution in [0.1, 0.15) is 91.5 Å². The Morgan fingerprint density at radius 2 is 1.47 bits per heavy atom. The van der Waals surface area contributed by atoms with Crippen molar-refractivity contribution in [1.29, 1.82) is 0 Å². The van der Waals surface area contributed by atoms with E-state index in [2.05, 4.69) is 52.5 Å². The molecule has 0 aromatic heterocycles. The van der Waals surface area contributed by atoms with Crippen LogP contribution in [0, 0.1) is 39.5 Å². The fraction of sp³-hybridized carbons (Fsp3) is 0.576. The Bertz CT molecular complexity index is 1130. The summed E-state index contributed by atoms with van der Waals surface area (Å²) in [6.45, 7) is 13.6. The molecule has 2 bridgehead atoms. The molecule has 0 N–H and O–H groups in total. The van der Waals surface area contributed by atoms with Gasteiger partial charge >= 0.3 is 0 Å². The number of ether oxygens (including phenoxy) is 2. The SMILES string of the molecule is C=C1CC2CCCCC3CCC(C3)c3c(cc(C)c(OC)c3C)P(c3cc(C)c(OC)c(C)c3)C2C1. The Balaban J connectivity index is 1.77. The number of hydrogen-bond donors (Lipinski definition) is 0. The lowest BCUT2D eigenvalue weighted by Gasteiger charge is -2.35. The van der Waals surface area contributed by atoms with Crippen LogP contribution in [0.2, 0.25) is 0 Å². The van der Waals surface area contributed by atoms with Crippen LogP contribution in [0.25, 0.3) is 0 Å². The lowest BCUT2D eigenvalue weighted by atomic mass is 9.89. The van der Waals surface area contributed by atoms with Crippen molar-refractivity contribution in [2.24, 2.45) is 11.8 Å². The molecule has 2 saturated carbocycles. The first-order chi connectivity index (χ1) is 17.3. The summed E-state index contributed by atoms with van der Waals surface area (Å²) < 4.78 is 11.8. The average Bonchev–Trinajstić information content (AvgIpc) is 3.43. The molecule has 0 amide bonds. The highest BCUT2D eigenvalue weighted by Crippen LogP contribution is 2.56. The van der Waals surface area contributed by atoms with Gasteiger partial charge < -0.3 is 9.47 Å². The highest BCUT2D eigenvalue weighted by Gasteiger charge is 2.40. The minimum absolute atomic E-state index is 0.528. The van der Waals surface area contributed by atoms with Crippen LogP contribution in [0.15, 0.2) is 30.4 Å². The molecule has 194 valence electrons. The highest BCUT2D eigenvalue weighted by atomic mass is 31.1. The zero-order chi connectivity index (χ0) is 25.6. The van der Waals surface area contributed by atoms with Crippen LogP contribution >= 0.6 is 7.92 Å². The van der Waals surface area contributed by atoms with Crippen molar-refractivity contribution in [3.05, 3.63) is 58.2 Å². The van der Waals surface area contributed by atoms with Gasteiger partial charge in [0.2, 0.25) is 0 Å². The van der Waals surface area contributed by atoms with Crippen molar-refractivity contribution < 1.29 is 9.47 Å². The normalized spacial score (nSPS) is 28.2. The van der Waals surface area contributed by atoms with E-state index in [0.29, 0.717) is 11.6 Å². The second kappa shape index (κ2) is 10.5. The van der Waals surface area contributed by atoms with Crippen LogP contribution in [0.5, 0.6) is 11.5 Å². The van der Waals surface area contributed by atoms with Crippen molar-refractivity contribution in [3.8, 4) is 11.5 Å². The monoisotopic (exact) mass is 504 g/mol. The zero-order valence-electron chi connectivity index (χ0n) is 23.4. The summed E-state index contributed by atoms with van der Waals surface area (Å²) in [5, 5.41) is 3.17. The molecule has 3 aliphatic rings. The third-order valence-corrected chi connectivity index (χ3v) is 12.4. The molecule has 36 heavy (non-hydrogen) atoms. The molecule has 0 spiro atoms. The number of allylic oxidation sites excluding steroid dienone is 1. The van der Waals surface area contributed by atoms with Crippen molar-refractivity contribution >= 4 is 18.5 Å². The summed E-state index contributed by atoms with van der Waals surface area (Å²) in [6.07, 6.45) is 12.0. The van der Waals surface area contributed by atoms with Crippen LogP contribution in [0.3, 0.4) is 0 Å². The second-order valence-corrected chi connectivity index (χ2v) is 14.3. The van der Waals surface area contributed by atoms with E-state index in [0.717, 1.165) is 23.3 Å². The van der Waals surface area contributed by atoms with Gasteiger partial charge in [0.1, 0.15) is 11.5 Å². The molecule has 2 nitrogen and oxygen atoms in total. The minimum atomic E-state index is -0.528. The van der Waals surface area contributed by atoms with Crippen LogP contribution < -0.4 is 20.1 Å². The molecule has 2 aliphatic carbocycles. The number of fused-ring (bicyclic) bond motifs is 5. The van der Waals surface area contributed by atoms with E-state index < -0.39 is 7.92 Å². The first-order valence-corrected chi connectivity index (χ1v) is 15.5. The largest absolute Gasteiger partial charge is 0.496 e. The van der Waals surface area contributed by atoms with E-state index >= 15 is 0 Å². The van der Waals surface area contributed by atoms with Gasteiger partial charge in [0, 0.05) is 0 Å². The molecule has 5 rings (SSSR count). The summed E-state index contributed by atoms with van der Waals surface area (Å²) in [6, 6.07) is 7.45. The molecule has 5 unspecified atom stereocenters. The maximum Gasteiger partial charge on any atom is 0.124 e. The van der Waals surface area contributed by atoms with Crippen LogP contribution in [0.4, 0.5) is 0 Å². The van der Waals surface area contributed by atoms with Gasteiger partial charge in [-0.3, -0.25) is 0 Å². The summed E-state index contributed by atoms with van der Waals surface area (Å²) in [5.74, 6) is 4.44. The van der Waals surface area contributed by atoms with E-state index in [1.165, 1.54) is 90.9 Å². The van der Waals surface area contributed by atoms with E-state index in [-0.39, 0.29) is 0 Å². The van der Waals surface area contributed by atoms with Crippen molar-refractivity contribution in [1.82, 2.24) is 0 Å². The van der Waals surface area contributed by atoms with Crippen molar-refractivity contribution in [2.45, 2.75) is 97.1 Å². The van der Waals surface area contributed by atoms with Gasteiger partial charge in [0.15, 0.2) is 0 Å². The predicted octanol–water partition coefficient (Wildman–Crippen LogP) is 8.16. The van der Waals surface area contributed by atoms with Gasteiger partial charge in [-0.05, 0) is 154 Å². The van der Waals surface area contributed by atoms with Gasteiger partial charge in [-0.25, -0.2) is 0 Å². The van der Waals surface area contributed by atoms with E-state index in [4.69, 9.17) is 9.47 Å². The van der Waals surface area contributed by atoms with E-state index in [9.17, 15) is 0 Å². The first-order valence-electron chi connectivity index (χ1n) is 14.1. The van der Waals surface area contributed by atoms with E-state index in [1.807, 2.05) is 7.11 Å². The van der Waals surface area contributed by atoms with Crippen LogP contribution in [-0.2, 0) is 0 Å². The molecule has 2 fully saturated rings. The molecule has 2 aromatic rings. The van der Waals surface area contributed by atoms with Crippen molar-refractivity contribution in [2.75, 3.05) is 14.2 Å². The van der Waals surface area contributed by atoms with E-state index in [1.54, 1.807) is 18.0 Å². The van der Waals surface area contributed by atoms with Gasteiger partial charge in [0.25, 0.3) is 0 Å². The van der Waals surface area contributed by atoms with Gasteiger partial charge in [-0.2, -0.15) is 0 Å². The molecule has 1 heterocycles. The molecule has 0 radical (unpaired) electrons. The lowest BCUT2D eigenvalue weighted by Crippen LogP contribution is -2.29. The Labute approximate surface area is 220 Å². The third-order valence-electron chi connectivity index (χ3n) is 9.43. The Morgan fingerprint density at radius 1 is 0.806 bits per heavy atom. The standard InChI is InChI=1S/C33H45O2P/c1-20-14-26-11-9-8-10-25-12-13-27(19-25)31-24(5)33(35-7)23(4)18-30(31)36(29(26)15-20)28-16-21(2)32(34-6)22(3)17-28/h16-18,25-27,29H,1,8-15,19H2,2-7H3. The van der Waals surface area contributed by atoms with Gasteiger partial charge in [-0.1, -0.05) is 31.4 Å². The summed E-state index contributed by atoms with van der Waals surface area (Å²) in [4.78, 5) is 0. The zero-order valence-corrected chi connectivity index (χ0v) is 24.3. The number of rotatable bonds is 3. The fourth-order valence-electron chi connectivity index (χ4n) is 7.97. The minimum Gasteiger partial charge on any atom is -0.496 e. The highest BCUT2D eigenvalue weighted by molar-refractivity contribution is 7.73. The summed E-state index contributed by atoms with van der Waals surface area (Å²) >= 11 is 0. The maximum absolute atomic E-state index is 6.01. The fourth-order valence-corrected chi connectivity index (χ4v) is 11.7. The van der Waals surface area contributed by atoms with Crippen molar-refractivity contribution in [3.63, 3.8) is 0 Å². The average molecular weight is 505 g/mol. The molecular weight excluding hydrogens is 459 g/mol. The topological polar surface area (TPSA) is 18.5 Å². The lowest BCUT2D eigenvalue weighted by molar-refractivity contribution is 0.406. The maximum atomic E-state index is 6.01. The Kier molecular flexibility index (Phi) is 7.56. The van der Waals surface area contributed by atoms with Gasteiger partial charge in [0.05, 0.1) is 14.2 Å². The smallest absolute Gasteiger partial charge is 0.124 e. The number of benzene rings is 2. The number of methoxy groups -OCH3 is 2. The Hall–Kier alpha value is -1.79. The molecule has 1 aliphatic heterocycles. The first kappa shape index (κ1) is 25.8. The molecule has 0 saturated heterocycles. The second-order valence-electron chi connectivity index (χ2n) is 11.9.